The summed E-state index contributed by atoms with van der Waals surface area (Å²) in [6, 6.07) is 14.2. The first-order valence-corrected chi connectivity index (χ1v) is 9.68. The summed E-state index contributed by atoms with van der Waals surface area (Å²) in [6.45, 7) is 3.03. The fourth-order valence-electron chi connectivity index (χ4n) is 3.45. The van der Waals surface area contributed by atoms with E-state index in [1.54, 1.807) is 12.5 Å². The normalized spacial score (nSPS) is 14.3. The van der Waals surface area contributed by atoms with E-state index in [4.69, 9.17) is 0 Å². The van der Waals surface area contributed by atoms with Crippen molar-refractivity contribution in [1.82, 2.24) is 24.6 Å². The zero-order chi connectivity index (χ0) is 19.2. The molecule has 0 saturated carbocycles. The minimum Gasteiger partial charge on any atom is -0.352 e. The number of aromatic nitrogens is 4. The lowest BCUT2D eigenvalue weighted by molar-refractivity contribution is -0.131. The van der Waals surface area contributed by atoms with E-state index in [0.717, 1.165) is 50.7 Å². The molecule has 0 atom stereocenters. The number of piperazine rings is 1. The summed E-state index contributed by atoms with van der Waals surface area (Å²) >= 11 is 0. The van der Waals surface area contributed by atoms with Crippen molar-refractivity contribution < 1.29 is 4.79 Å². The lowest BCUT2D eigenvalue weighted by Gasteiger charge is -2.35. The second-order valence-corrected chi connectivity index (χ2v) is 6.93. The third-order valence-corrected chi connectivity index (χ3v) is 5.06. The van der Waals surface area contributed by atoms with Crippen LogP contribution in [0.4, 0.5) is 5.82 Å². The SMILES string of the molecule is O=C(CCCc1ccccc1)N1CCN(c2ccc(-n3ccnc3)nn2)CC1. The summed E-state index contributed by atoms with van der Waals surface area (Å²) in [6.07, 6.45) is 7.70. The maximum Gasteiger partial charge on any atom is 0.222 e. The van der Waals surface area contributed by atoms with Crippen LogP contribution < -0.4 is 4.90 Å². The standard InChI is InChI=1S/C21H24N6O/c28-21(8-4-7-18-5-2-1-3-6-18)26-15-13-25(14-16-26)19-9-10-20(24-23-19)27-12-11-22-17-27/h1-3,5-6,9-12,17H,4,7-8,13-16H2. The Balaban J connectivity index is 1.24. The van der Waals surface area contributed by atoms with E-state index in [-0.39, 0.29) is 5.91 Å². The molecule has 0 N–H and O–H groups in total. The van der Waals surface area contributed by atoms with Crippen LogP contribution in [0.15, 0.2) is 61.2 Å². The van der Waals surface area contributed by atoms with Gasteiger partial charge < -0.3 is 9.80 Å². The van der Waals surface area contributed by atoms with Gasteiger partial charge in [-0.1, -0.05) is 30.3 Å². The summed E-state index contributed by atoms with van der Waals surface area (Å²) in [5.41, 5.74) is 1.29. The van der Waals surface area contributed by atoms with Gasteiger partial charge in [-0.15, -0.1) is 10.2 Å². The van der Waals surface area contributed by atoms with Crippen LogP contribution in [0.2, 0.25) is 0 Å². The number of anilines is 1. The van der Waals surface area contributed by atoms with Crippen LogP contribution in [0.5, 0.6) is 0 Å². The summed E-state index contributed by atoms with van der Waals surface area (Å²) in [5, 5.41) is 8.61. The summed E-state index contributed by atoms with van der Waals surface area (Å²) < 4.78 is 1.82. The van der Waals surface area contributed by atoms with E-state index in [1.807, 2.05) is 46.0 Å². The zero-order valence-corrected chi connectivity index (χ0v) is 15.8. The zero-order valence-electron chi connectivity index (χ0n) is 15.8. The number of imidazole rings is 1. The van der Waals surface area contributed by atoms with Crippen molar-refractivity contribution in [2.45, 2.75) is 19.3 Å². The molecule has 3 heterocycles. The van der Waals surface area contributed by atoms with Crippen LogP contribution in [-0.2, 0) is 11.2 Å². The number of hydrogen-bond donors (Lipinski definition) is 0. The molecule has 0 unspecified atom stereocenters. The van der Waals surface area contributed by atoms with Crippen molar-refractivity contribution in [1.29, 1.82) is 0 Å². The first kappa shape index (κ1) is 18.2. The van der Waals surface area contributed by atoms with E-state index < -0.39 is 0 Å². The molecule has 144 valence electrons. The first-order valence-electron chi connectivity index (χ1n) is 9.68. The number of aryl methyl sites for hydroxylation is 1. The molecule has 1 fully saturated rings. The second-order valence-electron chi connectivity index (χ2n) is 6.93. The Labute approximate surface area is 164 Å². The molecule has 0 aliphatic carbocycles. The highest BCUT2D eigenvalue weighted by molar-refractivity contribution is 5.76. The summed E-state index contributed by atoms with van der Waals surface area (Å²) in [7, 11) is 0. The average molecular weight is 376 g/mol. The molecule has 0 bridgehead atoms. The van der Waals surface area contributed by atoms with Gasteiger partial charge in [-0.3, -0.25) is 9.36 Å². The molecule has 1 amide bonds. The Bertz CT molecular complexity index is 871. The van der Waals surface area contributed by atoms with E-state index in [1.165, 1.54) is 5.56 Å². The Morgan fingerprint density at radius 3 is 2.36 bits per heavy atom. The van der Waals surface area contributed by atoms with Crippen LogP contribution in [-0.4, -0.2) is 56.7 Å². The molecule has 28 heavy (non-hydrogen) atoms. The average Bonchev–Trinajstić information content (AvgIpc) is 3.30. The quantitative estimate of drug-likeness (QED) is 0.661. The third kappa shape index (κ3) is 4.36. The fraction of sp³-hybridized carbons (Fsp3) is 0.333. The number of hydrogen-bond acceptors (Lipinski definition) is 5. The van der Waals surface area contributed by atoms with E-state index >= 15 is 0 Å². The van der Waals surface area contributed by atoms with Crippen molar-refractivity contribution >= 4 is 11.7 Å². The number of rotatable bonds is 6. The van der Waals surface area contributed by atoms with Gasteiger partial charge in [-0.05, 0) is 30.5 Å². The molecular weight excluding hydrogens is 352 g/mol. The minimum absolute atomic E-state index is 0.247. The molecule has 7 nitrogen and oxygen atoms in total. The number of nitrogens with zero attached hydrogens (tertiary/aromatic N) is 6. The monoisotopic (exact) mass is 376 g/mol. The Morgan fingerprint density at radius 1 is 0.929 bits per heavy atom. The summed E-state index contributed by atoms with van der Waals surface area (Å²) in [5.74, 6) is 1.84. The number of amides is 1. The van der Waals surface area contributed by atoms with Crippen LogP contribution in [0, 0.1) is 0 Å². The molecule has 1 aliphatic rings. The molecule has 1 aromatic carbocycles. The minimum atomic E-state index is 0.247. The maximum absolute atomic E-state index is 12.5. The highest BCUT2D eigenvalue weighted by Crippen LogP contribution is 2.15. The Morgan fingerprint density at radius 2 is 1.68 bits per heavy atom. The van der Waals surface area contributed by atoms with Crippen molar-refractivity contribution in [2.24, 2.45) is 0 Å². The van der Waals surface area contributed by atoms with Gasteiger partial charge in [0, 0.05) is 45.0 Å². The molecule has 7 heteroatoms. The van der Waals surface area contributed by atoms with Gasteiger partial charge in [0.15, 0.2) is 11.6 Å². The Hall–Kier alpha value is -3.22. The second kappa shape index (κ2) is 8.65. The van der Waals surface area contributed by atoms with E-state index in [0.29, 0.717) is 6.42 Å². The predicted octanol–water partition coefficient (Wildman–Crippen LogP) is 2.33. The molecule has 1 saturated heterocycles. The van der Waals surface area contributed by atoms with Crippen LogP contribution in [0.25, 0.3) is 5.82 Å². The van der Waals surface area contributed by atoms with Gasteiger partial charge >= 0.3 is 0 Å². The van der Waals surface area contributed by atoms with Crippen LogP contribution >= 0.6 is 0 Å². The van der Waals surface area contributed by atoms with Gasteiger partial charge in [0.25, 0.3) is 0 Å². The lowest BCUT2D eigenvalue weighted by atomic mass is 10.1. The van der Waals surface area contributed by atoms with Crippen molar-refractivity contribution in [2.75, 3.05) is 31.1 Å². The van der Waals surface area contributed by atoms with Crippen LogP contribution in [0.3, 0.4) is 0 Å². The van der Waals surface area contributed by atoms with Crippen molar-refractivity contribution in [3.8, 4) is 5.82 Å². The van der Waals surface area contributed by atoms with Crippen molar-refractivity contribution in [3.63, 3.8) is 0 Å². The molecule has 4 rings (SSSR count). The highest BCUT2D eigenvalue weighted by atomic mass is 16.2. The van der Waals surface area contributed by atoms with Gasteiger partial charge in [0.1, 0.15) is 6.33 Å². The largest absolute Gasteiger partial charge is 0.352 e. The fourth-order valence-corrected chi connectivity index (χ4v) is 3.45. The molecule has 2 aromatic heterocycles. The lowest BCUT2D eigenvalue weighted by Crippen LogP contribution is -2.49. The third-order valence-electron chi connectivity index (χ3n) is 5.06. The number of carbonyl (C=O) groups excluding carboxylic acids is 1. The van der Waals surface area contributed by atoms with E-state index in [2.05, 4.69) is 32.2 Å². The topological polar surface area (TPSA) is 67.2 Å². The van der Waals surface area contributed by atoms with Gasteiger partial charge in [0.05, 0.1) is 0 Å². The molecule has 0 spiro atoms. The van der Waals surface area contributed by atoms with Gasteiger partial charge in [-0.25, -0.2) is 4.98 Å². The van der Waals surface area contributed by atoms with Gasteiger partial charge in [0.2, 0.25) is 5.91 Å². The van der Waals surface area contributed by atoms with Gasteiger partial charge in [-0.2, -0.15) is 0 Å². The molecule has 1 aliphatic heterocycles. The Kier molecular flexibility index (Phi) is 5.61. The number of benzene rings is 1. The number of carbonyl (C=O) groups is 1. The molecular formula is C21H24N6O. The predicted molar refractivity (Wildman–Crippen MR) is 107 cm³/mol. The first-order chi connectivity index (χ1) is 13.8. The van der Waals surface area contributed by atoms with E-state index in [9.17, 15) is 4.79 Å². The summed E-state index contributed by atoms with van der Waals surface area (Å²) in [4.78, 5) is 20.6. The van der Waals surface area contributed by atoms with Crippen LogP contribution in [0.1, 0.15) is 18.4 Å². The smallest absolute Gasteiger partial charge is 0.222 e. The molecule has 0 radical (unpaired) electrons. The maximum atomic E-state index is 12.5. The van der Waals surface area contributed by atoms with Crippen molar-refractivity contribution in [3.05, 3.63) is 66.7 Å². The molecule has 3 aromatic rings. The highest BCUT2D eigenvalue weighted by Gasteiger charge is 2.21.